The Kier molecular flexibility index (Phi) is 28.3. The fourth-order valence-corrected chi connectivity index (χ4v) is 4.95. The molecule has 0 aliphatic rings. The molecule has 0 bridgehead atoms. The monoisotopic (exact) mass is 480 g/mol. The van der Waals surface area contributed by atoms with Crippen LogP contribution in [0.3, 0.4) is 0 Å². The maximum atomic E-state index is 12.3. The number of unbranched alkanes of at least 4 members (excludes halogenated alkanes) is 20. The first-order valence-electron chi connectivity index (χ1n) is 15.9. The second kappa shape index (κ2) is 28.7. The van der Waals surface area contributed by atoms with E-state index in [-0.39, 0.29) is 5.97 Å². The molecule has 0 aromatic heterocycles. The van der Waals surface area contributed by atoms with E-state index in [2.05, 4.69) is 20.8 Å². The molecule has 0 aliphatic heterocycles. The second-order valence-corrected chi connectivity index (χ2v) is 10.9. The highest BCUT2D eigenvalue weighted by atomic mass is 16.5. The minimum atomic E-state index is 0.0467. The van der Waals surface area contributed by atoms with Gasteiger partial charge in [-0.25, -0.2) is 0 Å². The van der Waals surface area contributed by atoms with Gasteiger partial charge in [-0.1, -0.05) is 162 Å². The molecule has 0 N–H and O–H groups in total. The highest BCUT2D eigenvalue weighted by Crippen LogP contribution is 2.20. The summed E-state index contributed by atoms with van der Waals surface area (Å²) in [6.45, 7) is 7.50. The molecule has 0 spiro atoms. The van der Waals surface area contributed by atoms with E-state index >= 15 is 0 Å². The van der Waals surface area contributed by atoms with Crippen molar-refractivity contribution in [3.8, 4) is 0 Å². The largest absolute Gasteiger partial charge is 0.465 e. The number of carbonyl (C=O) groups excluding carboxylic acids is 1. The van der Waals surface area contributed by atoms with E-state index in [9.17, 15) is 4.79 Å². The molecule has 1 atom stereocenters. The van der Waals surface area contributed by atoms with Crippen LogP contribution in [0.4, 0.5) is 0 Å². The molecular weight excluding hydrogens is 416 g/mol. The van der Waals surface area contributed by atoms with Crippen LogP contribution in [0.2, 0.25) is 0 Å². The van der Waals surface area contributed by atoms with Crippen LogP contribution in [-0.2, 0) is 9.53 Å². The number of ether oxygens (including phenoxy) is 1. The van der Waals surface area contributed by atoms with Gasteiger partial charge in [0.15, 0.2) is 0 Å². The smallest absolute Gasteiger partial charge is 0.305 e. The highest BCUT2D eigenvalue weighted by Gasteiger charge is 2.12. The van der Waals surface area contributed by atoms with Crippen LogP contribution in [0.15, 0.2) is 0 Å². The van der Waals surface area contributed by atoms with Crippen LogP contribution in [0, 0.1) is 5.92 Å². The lowest BCUT2D eigenvalue weighted by atomic mass is 9.95. The van der Waals surface area contributed by atoms with Gasteiger partial charge in [0, 0.05) is 6.42 Å². The fourth-order valence-electron chi connectivity index (χ4n) is 4.95. The van der Waals surface area contributed by atoms with Crippen LogP contribution in [-0.4, -0.2) is 12.6 Å². The molecule has 34 heavy (non-hydrogen) atoms. The Hall–Kier alpha value is -0.530. The van der Waals surface area contributed by atoms with Crippen LogP contribution < -0.4 is 0 Å². The summed E-state index contributed by atoms with van der Waals surface area (Å²) in [5.41, 5.74) is 0. The zero-order chi connectivity index (χ0) is 25.0. The number of hydrogen-bond acceptors (Lipinski definition) is 2. The van der Waals surface area contributed by atoms with Crippen molar-refractivity contribution in [1.29, 1.82) is 0 Å². The zero-order valence-electron chi connectivity index (χ0n) is 24.0. The van der Waals surface area contributed by atoms with Gasteiger partial charge in [0.1, 0.15) is 0 Å². The van der Waals surface area contributed by atoms with Crippen LogP contribution in [0.25, 0.3) is 0 Å². The lowest BCUT2D eigenvalue weighted by molar-refractivity contribution is -0.145. The quantitative estimate of drug-likeness (QED) is 0.0821. The molecule has 0 saturated heterocycles. The van der Waals surface area contributed by atoms with E-state index in [1.165, 1.54) is 154 Å². The first kappa shape index (κ1) is 33.5. The zero-order valence-corrected chi connectivity index (χ0v) is 24.0. The molecule has 2 nitrogen and oxygen atoms in total. The maximum Gasteiger partial charge on any atom is 0.305 e. The molecule has 0 amide bonds. The first-order valence-corrected chi connectivity index (χ1v) is 15.9. The predicted octanol–water partition coefficient (Wildman–Crippen LogP) is 11.3. The lowest BCUT2D eigenvalue weighted by Crippen LogP contribution is -2.14. The first-order chi connectivity index (χ1) is 16.7. The predicted molar refractivity (Wildman–Crippen MR) is 152 cm³/mol. The van der Waals surface area contributed by atoms with Gasteiger partial charge >= 0.3 is 5.97 Å². The Labute approximate surface area is 215 Å². The Morgan fingerprint density at radius 3 is 1.21 bits per heavy atom. The maximum absolute atomic E-state index is 12.3. The molecule has 0 heterocycles. The van der Waals surface area contributed by atoms with Gasteiger partial charge in [0.25, 0.3) is 0 Å². The topological polar surface area (TPSA) is 26.3 Å². The summed E-state index contributed by atoms with van der Waals surface area (Å²) in [5, 5.41) is 0. The van der Waals surface area contributed by atoms with Crippen molar-refractivity contribution in [2.75, 3.05) is 6.61 Å². The number of rotatable bonds is 28. The van der Waals surface area contributed by atoms with E-state index in [4.69, 9.17) is 4.74 Å². The van der Waals surface area contributed by atoms with E-state index < -0.39 is 0 Å². The molecule has 0 radical (unpaired) electrons. The summed E-state index contributed by atoms with van der Waals surface area (Å²) < 4.78 is 5.74. The lowest BCUT2D eigenvalue weighted by Gasteiger charge is -2.17. The van der Waals surface area contributed by atoms with Crippen molar-refractivity contribution >= 4 is 5.97 Å². The average Bonchev–Trinajstić information content (AvgIpc) is 2.84. The van der Waals surface area contributed by atoms with Crippen molar-refractivity contribution in [2.24, 2.45) is 5.92 Å². The number of hydrogen-bond donors (Lipinski definition) is 0. The summed E-state index contributed by atoms with van der Waals surface area (Å²) >= 11 is 0. The fraction of sp³-hybridized carbons (Fsp3) is 0.969. The summed E-state index contributed by atoms with van der Waals surface area (Å²) in [4.78, 5) is 12.3. The second-order valence-electron chi connectivity index (χ2n) is 10.9. The minimum Gasteiger partial charge on any atom is -0.465 e. The van der Waals surface area contributed by atoms with E-state index in [0.29, 0.717) is 18.9 Å². The number of esters is 1. The van der Waals surface area contributed by atoms with Crippen molar-refractivity contribution in [3.05, 3.63) is 0 Å². The van der Waals surface area contributed by atoms with Gasteiger partial charge in [-0.2, -0.15) is 0 Å². The molecule has 204 valence electrons. The molecular formula is C32H64O2. The minimum absolute atomic E-state index is 0.0467. The Balaban J connectivity index is 3.80. The standard InChI is InChI=1S/C32H64O2/c1-4-7-10-13-15-17-18-19-21-23-26-29-32(33)34-30-31(27-24-12-9-6-3)28-25-22-20-16-14-11-8-5-2/h31H,4-30H2,1-3H3. The Bertz CT molecular complexity index is 392. The molecule has 2 heteroatoms. The Morgan fingerprint density at radius 2 is 0.794 bits per heavy atom. The van der Waals surface area contributed by atoms with Crippen molar-refractivity contribution in [1.82, 2.24) is 0 Å². The van der Waals surface area contributed by atoms with Crippen molar-refractivity contribution < 1.29 is 9.53 Å². The molecule has 0 saturated carbocycles. The third kappa shape index (κ3) is 26.1. The molecule has 0 aromatic rings. The molecule has 0 rings (SSSR count). The van der Waals surface area contributed by atoms with Gasteiger partial charge in [0.2, 0.25) is 0 Å². The summed E-state index contributed by atoms with van der Waals surface area (Å²) in [7, 11) is 0. The van der Waals surface area contributed by atoms with E-state index in [0.717, 1.165) is 6.42 Å². The van der Waals surface area contributed by atoms with Crippen LogP contribution in [0.5, 0.6) is 0 Å². The van der Waals surface area contributed by atoms with Crippen molar-refractivity contribution in [2.45, 2.75) is 188 Å². The normalized spacial score (nSPS) is 12.2. The van der Waals surface area contributed by atoms with E-state index in [1.54, 1.807) is 0 Å². The number of carbonyl (C=O) groups is 1. The average molecular weight is 481 g/mol. The van der Waals surface area contributed by atoms with Gasteiger partial charge in [-0.3, -0.25) is 4.79 Å². The Morgan fingerprint density at radius 1 is 0.471 bits per heavy atom. The van der Waals surface area contributed by atoms with Crippen molar-refractivity contribution in [3.63, 3.8) is 0 Å². The highest BCUT2D eigenvalue weighted by molar-refractivity contribution is 5.69. The third-order valence-electron chi connectivity index (χ3n) is 7.40. The third-order valence-corrected chi connectivity index (χ3v) is 7.40. The van der Waals surface area contributed by atoms with Gasteiger partial charge < -0.3 is 4.74 Å². The van der Waals surface area contributed by atoms with Gasteiger partial charge in [0.05, 0.1) is 6.61 Å². The van der Waals surface area contributed by atoms with E-state index in [1.807, 2.05) is 0 Å². The van der Waals surface area contributed by atoms with Gasteiger partial charge in [-0.05, 0) is 25.2 Å². The SMILES string of the molecule is CCCCCCCCCCCCCC(=O)OCC(CCCCCC)CCCCCCCCCC. The van der Waals surface area contributed by atoms with Crippen LogP contribution in [0.1, 0.15) is 188 Å². The molecule has 0 aromatic carbocycles. The summed E-state index contributed by atoms with van der Waals surface area (Å²) in [6, 6.07) is 0. The molecule has 0 fully saturated rings. The molecule has 1 unspecified atom stereocenters. The van der Waals surface area contributed by atoms with Gasteiger partial charge in [-0.15, -0.1) is 0 Å². The molecule has 0 aliphatic carbocycles. The van der Waals surface area contributed by atoms with Crippen LogP contribution >= 0.6 is 0 Å². The summed E-state index contributed by atoms with van der Waals surface area (Å²) in [6.07, 6.45) is 33.9. The summed E-state index contributed by atoms with van der Waals surface area (Å²) in [5.74, 6) is 0.628.